The van der Waals surface area contributed by atoms with E-state index in [2.05, 4.69) is 4.74 Å². The molecule has 0 unspecified atom stereocenters. The van der Waals surface area contributed by atoms with Gasteiger partial charge in [0.2, 0.25) is 0 Å². The molecule has 0 aromatic carbocycles. The molecule has 0 spiro atoms. The summed E-state index contributed by atoms with van der Waals surface area (Å²) in [5.41, 5.74) is 0. The summed E-state index contributed by atoms with van der Waals surface area (Å²) in [5.74, 6) is -0.211. The molecule has 102 nitrogen and oxygen atoms in total. The van der Waals surface area contributed by atoms with Crippen LogP contribution in [0.1, 0.15) is 13.8 Å². The highest BCUT2D eigenvalue weighted by Gasteiger charge is 1.81. The number of hydrogen-bond acceptors (Lipinski definition) is 2. The lowest BCUT2D eigenvalue weighted by atomic mass is 10.8. The first-order chi connectivity index (χ1) is 2.77. The van der Waals surface area contributed by atoms with Gasteiger partial charge < -0.3 is 552 Å². The molecule has 200 N–H and O–H groups in total. The number of rotatable bonds is 1. The Morgan fingerprint density at radius 1 is 0.113 bits per heavy atom. The van der Waals surface area contributed by atoms with Crippen LogP contribution in [-0.2, 0) is 9.53 Å². The van der Waals surface area contributed by atoms with Crippen LogP contribution in [-0.4, -0.2) is 560 Å². The van der Waals surface area contributed by atoms with Gasteiger partial charge in [-0.15, -0.1) is 0 Å². The lowest BCUT2D eigenvalue weighted by Crippen LogP contribution is -1.95. The maximum Gasteiger partial charge on any atom is 0.302 e. The SMILES string of the molecule is CCOC(C)=O.O.O.O.O.O.O.O.O.O.O.O.O.O.O.O.O.O.O.O.O.O.O.O.O.O.O.O.O.O.O.O.O.O.O.O.O.O.O.O.O.O.O.O.O.O.O.O.O.O.O.O.O.O.O.O.O.O.O.O.O.O.O.O.O.O.O.O.O.O.O.O.O.O.O.O.O.O.O.O.O.O.O.O.O.O.O.O.O.O.O.O.O.O.O.O.O.O.O.O.O. The van der Waals surface area contributed by atoms with Gasteiger partial charge in [0.15, 0.2) is 0 Å². The van der Waals surface area contributed by atoms with E-state index in [9.17, 15) is 4.79 Å². The van der Waals surface area contributed by atoms with Gasteiger partial charge in [-0.1, -0.05) is 0 Å². The Hall–Kier alpha value is -4.53. The van der Waals surface area contributed by atoms with Gasteiger partial charge in [0.25, 0.3) is 0 Å². The lowest BCUT2D eigenvalue weighted by molar-refractivity contribution is -0.140. The molecule has 0 aliphatic heterocycles. The van der Waals surface area contributed by atoms with Crippen molar-refractivity contribution in [2.24, 2.45) is 0 Å². The normalized spacial score (nSPS) is 0.434. The smallest absolute Gasteiger partial charge is 0.302 e. The number of carbonyl (C=O) groups excluding carboxylic acids is 1. The van der Waals surface area contributed by atoms with Gasteiger partial charge in [0.05, 0.1) is 6.61 Å². The Morgan fingerprint density at radius 3 is 0.142 bits per heavy atom. The van der Waals surface area contributed by atoms with Crippen molar-refractivity contribution < 1.29 is 557 Å². The monoisotopic (exact) mass is 1890 g/mol. The molecule has 106 heavy (non-hydrogen) atoms. The van der Waals surface area contributed by atoms with E-state index in [0.29, 0.717) is 6.61 Å². The Labute approximate surface area is 585 Å². The van der Waals surface area contributed by atoms with Crippen LogP contribution < -0.4 is 0 Å². The second kappa shape index (κ2) is 4500000. The van der Waals surface area contributed by atoms with E-state index in [-0.39, 0.29) is 554 Å². The van der Waals surface area contributed by atoms with E-state index in [1.807, 2.05) is 0 Å². The number of hydrogen-bond donors (Lipinski definition) is 0. The molecule has 0 heterocycles. The summed E-state index contributed by atoms with van der Waals surface area (Å²) in [6.45, 7) is 3.65. The first kappa shape index (κ1) is 4640000. The average Bonchev–Trinajstić information content (AvgIpc) is 1.35. The van der Waals surface area contributed by atoms with Crippen LogP contribution in [0.2, 0.25) is 0 Å². The summed E-state index contributed by atoms with van der Waals surface area (Å²) in [5, 5.41) is 0. The van der Waals surface area contributed by atoms with Crippen LogP contribution >= 0.6 is 0 Å². The van der Waals surface area contributed by atoms with Gasteiger partial charge in [-0.2, -0.15) is 0 Å². The van der Waals surface area contributed by atoms with Crippen molar-refractivity contribution in [2.75, 3.05) is 6.61 Å². The third-order valence-corrected chi connectivity index (χ3v) is 0.348. The lowest BCUT2D eigenvalue weighted by Gasteiger charge is -1.89. The predicted molar refractivity (Wildman–Crippen MR) is 384 cm³/mol. The molecule has 0 saturated heterocycles. The van der Waals surface area contributed by atoms with E-state index in [0.717, 1.165) is 0 Å². The van der Waals surface area contributed by atoms with E-state index in [1.165, 1.54) is 6.92 Å². The zero-order valence-corrected chi connectivity index (χ0v) is 54.0. The Morgan fingerprint density at radius 2 is 0.142 bits per heavy atom. The van der Waals surface area contributed by atoms with Crippen molar-refractivity contribution in [1.29, 1.82) is 0 Å². The van der Waals surface area contributed by atoms with Crippen molar-refractivity contribution in [3.63, 3.8) is 0 Å². The highest BCUT2D eigenvalue weighted by molar-refractivity contribution is 5.65. The third-order valence-electron chi connectivity index (χ3n) is 0.348. The van der Waals surface area contributed by atoms with Gasteiger partial charge in [-0.3, -0.25) is 4.79 Å². The third kappa shape index (κ3) is 412000. The van der Waals surface area contributed by atoms with Crippen LogP contribution in [0.25, 0.3) is 0 Å². The molecule has 0 saturated carbocycles. The summed E-state index contributed by atoms with van der Waals surface area (Å²) in [6, 6.07) is 0. The fraction of sp³-hybridized carbons (Fsp3) is 0.750. The first-order valence-electron chi connectivity index (χ1n) is 1.90. The molecular weight excluding hydrogens is 1680 g/mol. The van der Waals surface area contributed by atoms with Gasteiger partial charge in [-0.25, -0.2) is 0 Å². The first-order valence-corrected chi connectivity index (χ1v) is 1.90. The maximum atomic E-state index is 9.82. The molecule has 0 amide bonds. The quantitative estimate of drug-likeness (QED) is 0.231. The minimum atomic E-state index is -0.211. The van der Waals surface area contributed by atoms with Crippen LogP contribution in [0.15, 0.2) is 0 Å². The number of esters is 1. The molecule has 0 aliphatic carbocycles. The Kier molecular flexibility index (Phi) is 197000000000. The highest BCUT2D eigenvalue weighted by Crippen LogP contribution is 1.69. The molecule has 0 fully saturated rings. The largest absolute Gasteiger partial charge is 0.466 e. The summed E-state index contributed by atoms with van der Waals surface area (Å²) in [7, 11) is 0. The molecule has 0 aliphatic rings. The average molecular weight is 1890 g/mol. The van der Waals surface area contributed by atoms with Gasteiger partial charge >= 0.3 is 5.97 Å². The zero-order valence-electron chi connectivity index (χ0n) is 54.0. The zero-order chi connectivity index (χ0) is 4.99. The number of ether oxygens (including phenoxy) is 1. The van der Waals surface area contributed by atoms with Crippen molar-refractivity contribution in [3.8, 4) is 0 Å². The van der Waals surface area contributed by atoms with Crippen LogP contribution in [0.5, 0.6) is 0 Å². The Bertz CT molecular complexity index is 68.6. The van der Waals surface area contributed by atoms with Crippen molar-refractivity contribution in [1.82, 2.24) is 0 Å². The molecule has 836 valence electrons. The molecule has 0 radical (unpaired) electrons. The fourth-order valence-electron chi connectivity index (χ4n) is 0.203. The molecule has 0 rings (SSSR count). The summed E-state index contributed by atoms with van der Waals surface area (Å²) in [6.07, 6.45) is 0. The fourth-order valence-corrected chi connectivity index (χ4v) is 0.203. The molecular formula is C4H208O102. The topological polar surface area (TPSA) is 3180 Å². The minimum Gasteiger partial charge on any atom is -0.466 e. The second-order valence-electron chi connectivity index (χ2n) is 0.925. The molecule has 0 atom stereocenters. The van der Waals surface area contributed by atoms with E-state index >= 15 is 0 Å². The van der Waals surface area contributed by atoms with Crippen molar-refractivity contribution in [3.05, 3.63) is 0 Å². The summed E-state index contributed by atoms with van der Waals surface area (Å²) in [4.78, 5) is 9.82. The Balaban J connectivity index is -0.0000000000253. The van der Waals surface area contributed by atoms with E-state index in [4.69, 9.17) is 0 Å². The van der Waals surface area contributed by atoms with Crippen molar-refractivity contribution >= 4 is 5.97 Å². The van der Waals surface area contributed by atoms with Crippen molar-refractivity contribution in [2.45, 2.75) is 13.8 Å². The minimum absolute atomic E-state index is 0. The molecule has 0 aromatic heterocycles. The number of carbonyl (C=O) groups is 1. The van der Waals surface area contributed by atoms with Gasteiger partial charge in [0.1, 0.15) is 0 Å². The summed E-state index contributed by atoms with van der Waals surface area (Å²) >= 11 is 0. The maximum absolute atomic E-state index is 9.82. The predicted octanol–water partition coefficient (Wildman–Crippen LogP) is -81.9. The molecule has 102 heteroatoms. The molecule has 0 bridgehead atoms. The summed E-state index contributed by atoms with van der Waals surface area (Å²) < 4.78 is 4.40. The molecule has 0 aromatic rings. The van der Waals surface area contributed by atoms with Gasteiger partial charge in [-0.05, 0) is 6.92 Å². The van der Waals surface area contributed by atoms with E-state index < -0.39 is 0 Å². The second-order valence-corrected chi connectivity index (χ2v) is 0.925. The standard InChI is InChI=1S/C4H8O2.100H2O/c1-3-6-4(2)5;;;;;;;;;;;;;;;;;;;;;;;;;;;;;;;;;;;;;;;;;;;;;;;;;;;;;;;;;;;;;;;;;;;;;;;;;;;;;;;;;;;;;;;;;;;;;;;;;;;;/h3H2,1-2H3;100*1H2. The van der Waals surface area contributed by atoms with E-state index in [1.54, 1.807) is 6.92 Å². The highest BCUT2D eigenvalue weighted by atomic mass is 16.5. The van der Waals surface area contributed by atoms with Crippen LogP contribution in [0.4, 0.5) is 0 Å². The van der Waals surface area contributed by atoms with Gasteiger partial charge in [0, 0.05) is 6.92 Å². The van der Waals surface area contributed by atoms with Crippen LogP contribution in [0, 0.1) is 0 Å². The van der Waals surface area contributed by atoms with Crippen LogP contribution in [0.3, 0.4) is 0 Å².